The van der Waals surface area contributed by atoms with Crippen molar-refractivity contribution in [3.8, 4) is 17.0 Å². The summed E-state index contributed by atoms with van der Waals surface area (Å²) in [4.78, 5) is 17.2. The van der Waals surface area contributed by atoms with Crippen LogP contribution in [0.3, 0.4) is 0 Å². The number of ether oxygens (including phenoxy) is 2. The molecule has 0 aliphatic heterocycles. The number of anilines is 1. The lowest BCUT2D eigenvalue weighted by molar-refractivity contribution is -0.121. The molecule has 0 bridgehead atoms. The predicted molar refractivity (Wildman–Crippen MR) is 112 cm³/mol. The highest BCUT2D eigenvalue weighted by Crippen LogP contribution is 2.30. The summed E-state index contributed by atoms with van der Waals surface area (Å²) >= 11 is 0. The Bertz CT molecular complexity index is 1110. The van der Waals surface area contributed by atoms with Crippen LogP contribution >= 0.6 is 0 Å². The van der Waals surface area contributed by atoms with Crippen molar-refractivity contribution in [3.05, 3.63) is 84.6 Å². The molecular formula is C23H21N3O3. The number of carbonyl (C=O) groups excluding carboxylic acids is 1. The van der Waals surface area contributed by atoms with E-state index < -0.39 is 0 Å². The van der Waals surface area contributed by atoms with Gasteiger partial charge in [-0.1, -0.05) is 36.4 Å². The van der Waals surface area contributed by atoms with Gasteiger partial charge in [-0.05, 0) is 42.0 Å². The molecule has 4 aromatic rings. The Hall–Kier alpha value is -3.64. The first-order chi connectivity index (χ1) is 14.2. The fraction of sp³-hybridized carbons (Fsp3) is 0.130. The first-order valence-electron chi connectivity index (χ1n) is 9.27. The molecule has 0 saturated heterocycles. The molecule has 1 amide bonds. The molecule has 0 aliphatic carbocycles. The van der Waals surface area contributed by atoms with E-state index in [2.05, 4.69) is 10.3 Å². The number of nitrogens with one attached hydrogen (secondary N) is 1. The second kappa shape index (κ2) is 8.58. The summed E-state index contributed by atoms with van der Waals surface area (Å²) in [5, 5.41) is 2.95. The van der Waals surface area contributed by atoms with Gasteiger partial charge in [0.1, 0.15) is 29.5 Å². The smallest absolute Gasteiger partial charge is 0.251 e. The van der Waals surface area contributed by atoms with Crippen LogP contribution in [0.15, 0.2) is 79.0 Å². The van der Waals surface area contributed by atoms with Crippen molar-refractivity contribution in [1.29, 1.82) is 0 Å². The molecule has 29 heavy (non-hydrogen) atoms. The summed E-state index contributed by atoms with van der Waals surface area (Å²) < 4.78 is 12.6. The number of rotatable bonds is 7. The molecule has 2 heterocycles. The van der Waals surface area contributed by atoms with Gasteiger partial charge in [0.2, 0.25) is 0 Å². The van der Waals surface area contributed by atoms with Crippen molar-refractivity contribution >= 4 is 17.4 Å². The number of aromatic nitrogens is 2. The molecule has 4 rings (SSSR count). The summed E-state index contributed by atoms with van der Waals surface area (Å²) in [6, 6.07) is 23.0. The van der Waals surface area contributed by atoms with Crippen LogP contribution in [0.1, 0.15) is 5.56 Å². The average Bonchev–Trinajstić information content (AvgIpc) is 3.13. The molecule has 0 saturated carbocycles. The highest BCUT2D eigenvalue weighted by molar-refractivity contribution is 5.95. The van der Waals surface area contributed by atoms with Gasteiger partial charge in [0, 0.05) is 11.8 Å². The maximum atomic E-state index is 12.5. The summed E-state index contributed by atoms with van der Waals surface area (Å²) in [5.74, 6) is 1.14. The molecule has 2 aromatic carbocycles. The number of benzene rings is 2. The fourth-order valence-corrected chi connectivity index (χ4v) is 3.07. The maximum absolute atomic E-state index is 12.5. The summed E-state index contributed by atoms with van der Waals surface area (Å²) in [6.45, 7) is 0.337. The topological polar surface area (TPSA) is 64.9 Å². The van der Waals surface area contributed by atoms with Crippen LogP contribution in [0.2, 0.25) is 0 Å². The third-order valence-corrected chi connectivity index (χ3v) is 4.50. The molecule has 1 N–H and O–H groups in total. The third-order valence-electron chi connectivity index (χ3n) is 4.50. The number of carbonyl (C=O) groups is 1. The first-order valence-corrected chi connectivity index (χ1v) is 9.27. The monoisotopic (exact) mass is 387 g/mol. The van der Waals surface area contributed by atoms with E-state index in [4.69, 9.17) is 9.47 Å². The van der Waals surface area contributed by atoms with E-state index in [0.29, 0.717) is 18.1 Å². The fourth-order valence-electron chi connectivity index (χ4n) is 3.07. The second-order valence-electron chi connectivity index (χ2n) is 6.49. The zero-order valence-corrected chi connectivity index (χ0v) is 16.0. The second-order valence-corrected chi connectivity index (χ2v) is 6.49. The Labute approximate surface area is 168 Å². The van der Waals surface area contributed by atoms with Gasteiger partial charge >= 0.3 is 0 Å². The van der Waals surface area contributed by atoms with Gasteiger partial charge in [0.15, 0.2) is 0 Å². The SMILES string of the molecule is COc1ccc(-c2nc3ccccn3c2NC(=O)COCc2ccccc2)cc1. The van der Waals surface area contributed by atoms with Crippen molar-refractivity contribution in [3.63, 3.8) is 0 Å². The van der Waals surface area contributed by atoms with Gasteiger partial charge in [0.05, 0.1) is 13.7 Å². The quantitative estimate of drug-likeness (QED) is 0.517. The van der Waals surface area contributed by atoms with Crippen molar-refractivity contribution < 1.29 is 14.3 Å². The van der Waals surface area contributed by atoms with E-state index in [1.807, 2.05) is 83.4 Å². The van der Waals surface area contributed by atoms with E-state index in [1.54, 1.807) is 7.11 Å². The van der Waals surface area contributed by atoms with Crippen molar-refractivity contribution in [2.75, 3.05) is 19.0 Å². The molecular weight excluding hydrogens is 366 g/mol. The molecule has 146 valence electrons. The molecule has 0 aliphatic rings. The van der Waals surface area contributed by atoms with E-state index in [9.17, 15) is 4.79 Å². The lowest BCUT2D eigenvalue weighted by Gasteiger charge is -2.09. The van der Waals surface area contributed by atoms with Gasteiger partial charge in [-0.3, -0.25) is 9.20 Å². The number of methoxy groups -OCH3 is 1. The highest BCUT2D eigenvalue weighted by Gasteiger charge is 2.16. The number of hydrogen-bond acceptors (Lipinski definition) is 4. The number of pyridine rings is 1. The first kappa shape index (κ1) is 18.7. The van der Waals surface area contributed by atoms with Crippen molar-refractivity contribution in [2.24, 2.45) is 0 Å². The lowest BCUT2D eigenvalue weighted by Crippen LogP contribution is -2.19. The van der Waals surface area contributed by atoms with Gasteiger partial charge in [0.25, 0.3) is 5.91 Å². The van der Waals surface area contributed by atoms with E-state index in [1.165, 1.54) is 0 Å². The van der Waals surface area contributed by atoms with Crippen LogP contribution < -0.4 is 10.1 Å². The zero-order chi connectivity index (χ0) is 20.1. The Kier molecular flexibility index (Phi) is 5.54. The molecule has 6 nitrogen and oxygen atoms in total. The molecule has 0 spiro atoms. The van der Waals surface area contributed by atoms with Crippen LogP contribution in [0, 0.1) is 0 Å². The average molecular weight is 387 g/mol. The summed E-state index contributed by atoms with van der Waals surface area (Å²) in [5.41, 5.74) is 3.35. The van der Waals surface area contributed by atoms with Gasteiger partial charge in [-0.2, -0.15) is 0 Å². The molecule has 0 atom stereocenters. The van der Waals surface area contributed by atoms with Gasteiger partial charge < -0.3 is 14.8 Å². The number of hydrogen-bond donors (Lipinski definition) is 1. The normalized spacial score (nSPS) is 10.8. The maximum Gasteiger partial charge on any atom is 0.251 e. The van der Waals surface area contributed by atoms with Crippen LogP contribution in [0.5, 0.6) is 5.75 Å². The molecule has 0 fully saturated rings. The summed E-state index contributed by atoms with van der Waals surface area (Å²) in [6.07, 6.45) is 1.87. The number of nitrogens with zero attached hydrogens (tertiary/aromatic N) is 2. The standard InChI is InChI=1S/C23H21N3O3/c1-28-19-12-10-18(11-13-19)22-23(26-14-6-5-9-20(26)24-22)25-21(27)16-29-15-17-7-3-2-4-8-17/h2-14H,15-16H2,1H3,(H,25,27). The number of fused-ring (bicyclic) bond motifs is 1. The number of imidazole rings is 1. The minimum Gasteiger partial charge on any atom is -0.497 e. The lowest BCUT2D eigenvalue weighted by atomic mass is 10.1. The van der Waals surface area contributed by atoms with Crippen molar-refractivity contribution in [2.45, 2.75) is 6.61 Å². The molecule has 2 aromatic heterocycles. The van der Waals surface area contributed by atoms with Crippen molar-refractivity contribution in [1.82, 2.24) is 9.38 Å². The summed E-state index contributed by atoms with van der Waals surface area (Å²) in [7, 11) is 1.63. The van der Waals surface area contributed by atoms with Gasteiger partial charge in [-0.15, -0.1) is 0 Å². The Morgan fingerprint density at radius 1 is 1.00 bits per heavy atom. The zero-order valence-electron chi connectivity index (χ0n) is 16.0. The molecule has 0 unspecified atom stereocenters. The minimum atomic E-state index is -0.235. The number of amides is 1. The molecule has 0 radical (unpaired) electrons. The Morgan fingerprint density at radius 3 is 2.52 bits per heavy atom. The van der Waals surface area contributed by atoms with Gasteiger partial charge in [-0.25, -0.2) is 4.98 Å². The molecule has 6 heteroatoms. The highest BCUT2D eigenvalue weighted by atomic mass is 16.5. The minimum absolute atomic E-state index is 0.0446. The van der Waals surface area contributed by atoms with E-state index in [0.717, 1.165) is 22.5 Å². The predicted octanol–water partition coefficient (Wildman–Crippen LogP) is 4.17. The van der Waals surface area contributed by atoms with E-state index in [-0.39, 0.29) is 12.5 Å². The Morgan fingerprint density at radius 2 is 1.76 bits per heavy atom. The van der Waals surface area contributed by atoms with E-state index >= 15 is 0 Å². The van der Waals surface area contributed by atoms with Crippen LogP contribution in [0.25, 0.3) is 16.9 Å². The van der Waals surface area contributed by atoms with Crippen LogP contribution in [-0.2, 0) is 16.1 Å². The Balaban J connectivity index is 1.54. The largest absolute Gasteiger partial charge is 0.497 e. The third kappa shape index (κ3) is 4.28. The van der Waals surface area contributed by atoms with Crippen LogP contribution in [0.4, 0.5) is 5.82 Å². The van der Waals surface area contributed by atoms with Crippen LogP contribution in [-0.4, -0.2) is 29.0 Å².